The second kappa shape index (κ2) is 10.3. The van der Waals surface area contributed by atoms with Crippen LogP contribution < -0.4 is 4.72 Å². The number of sulfonamides is 1. The van der Waals surface area contributed by atoms with Crippen molar-refractivity contribution in [1.29, 1.82) is 0 Å². The van der Waals surface area contributed by atoms with Crippen LogP contribution in [0.2, 0.25) is 0 Å². The average Bonchev–Trinajstić information content (AvgIpc) is 3.24. The lowest BCUT2D eigenvalue weighted by Gasteiger charge is -2.32. The number of amides is 1. The van der Waals surface area contributed by atoms with Crippen LogP contribution in [0.5, 0.6) is 0 Å². The predicted octanol–water partition coefficient (Wildman–Crippen LogP) is 3.03. The van der Waals surface area contributed by atoms with Crippen molar-refractivity contribution >= 4 is 33.2 Å². The zero-order valence-electron chi connectivity index (χ0n) is 21.1. The van der Waals surface area contributed by atoms with E-state index in [-0.39, 0.29) is 33.5 Å². The van der Waals surface area contributed by atoms with Gasteiger partial charge in [0.1, 0.15) is 15.4 Å². The van der Waals surface area contributed by atoms with Gasteiger partial charge in [-0.25, -0.2) is 8.42 Å². The minimum atomic E-state index is -4.75. The monoisotopic (exact) mass is 598 g/mol. The second-order valence-electron chi connectivity index (χ2n) is 9.94. The van der Waals surface area contributed by atoms with Gasteiger partial charge in [-0.1, -0.05) is 29.4 Å². The molecule has 1 aliphatic heterocycles. The summed E-state index contributed by atoms with van der Waals surface area (Å²) in [6.45, 7) is 2.83. The summed E-state index contributed by atoms with van der Waals surface area (Å²) in [4.78, 5) is 29.1. The van der Waals surface area contributed by atoms with E-state index in [9.17, 15) is 36.3 Å². The van der Waals surface area contributed by atoms with Crippen LogP contribution in [0, 0.1) is 0 Å². The third-order valence-corrected chi connectivity index (χ3v) is 10.2. The fraction of sp³-hybridized carbons (Fsp3) is 0.400. The molecular formula is C25H25F3N4O6S2. The average molecular weight is 599 g/mol. The maximum absolute atomic E-state index is 13.1. The van der Waals surface area contributed by atoms with Gasteiger partial charge in [-0.15, -0.1) is 11.3 Å². The van der Waals surface area contributed by atoms with Gasteiger partial charge in [0, 0.05) is 38.2 Å². The smallest absolute Gasteiger partial charge is 0.452 e. The number of carbonyl (C=O) groups is 2. The number of carboxylic acid groups (broad SMARTS) is 1. The van der Waals surface area contributed by atoms with Crippen molar-refractivity contribution in [3.05, 3.63) is 59.4 Å². The summed E-state index contributed by atoms with van der Waals surface area (Å²) in [5, 5.41) is 13.4. The quantitative estimate of drug-likeness (QED) is 0.405. The van der Waals surface area contributed by atoms with Crippen LogP contribution in [-0.2, 0) is 32.2 Å². The lowest BCUT2D eigenvalue weighted by atomic mass is 10.0. The van der Waals surface area contributed by atoms with Crippen molar-refractivity contribution in [3.8, 4) is 10.6 Å². The van der Waals surface area contributed by atoms with Crippen LogP contribution >= 0.6 is 11.3 Å². The first-order valence-corrected chi connectivity index (χ1v) is 14.5. The second-order valence-corrected chi connectivity index (χ2v) is 12.9. The van der Waals surface area contributed by atoms with E-state index in [0.29, 0.717) is 41.6 Å². The van der Waals surface area contributed by atoms with E-state index in [4.69, 9.17) is 0 Å². The Morgan fingerprint density at radius 1 is 1.18 bits per heavy atom. The normalized spacial score (nSPS) is 21.9. The molecule has 1 saturated heterocycles. The Kier molecular flexibility index (Phi) is 7.27. The molecule has 214 valence electrons. The van der Waals surface area contributed by atoms with Gasteiger partial charge < -0.3 is 19.4 Å². The predicted molar refractivity (Wildman–Crippen MR) is 137 cm³/mol. The summed E-state index contributed by atoms with van der Waals surface area (Å²) in [7, 11) is -2.36. The SMILES string of the molecule is CN1CCN(C(=O)Cc2cccc(C3CC3(NS(=O)(=O)c3ccc(-c4cc(C(F)(F)F)on4)s3)C(=O)O)c2)CC1. The molecule has 1 saturated carbocycles. The van der Waals surface area contributed by atoms with E-state index in [1.807, 2.05) is 7.05 Å². The minimum Gasteiger partial charge on any atom is -0.480 e. The van der Waals surface area contributed by atoms with Crippen molar-refractivity contribution in [2.24, 2.45) is 0 Å². The molecule has 2 aliphatic rings. The Labute approximate surface area is 231 Å². The number of aromatic nitrogens is 1. The number of alkyl halides is 3. The number of carbonyl (C=O) groups excluding carboxylic acids is 1. The molecule has 2 N–H and O–H groups in total. The summed E-state index contributed by atoms with van der Waals surface area (Å²) in [5.41, 5.74) is -0.716. The highest BCUT2D eigenvalue weighted by Crippen LogP contribution is 2.53. The first-order chi connectivity index (χ1) is 18.8. The van der Waals surface area contributed by atoms with Crippen molar-refractivity contribution in [2.75, 3.05) is 33.2 Å². The molecule has 15 heteroatoms. The van der Waals surface area contributed by atoms with Gasteiger partial charge >= 0.3 is 12.1 Å². The first kappa shape index (κ1) is 28.3. The molecule has 1 amide bonds. The molecule has 3 heterocycles. The number of carboxylic acids is 1. The molecule has 0 spiro atoms. The fourth-order valence-corrected chi connectivity index (χ4v) is 7.40. The third kappa shape index (κ3) is 5.64. The zero-order valence-corrected chi connectivity index (χ0v) is 22.8. The molecule has 2 aromatic heterocycles. The Balaban J connectivity index is 1.30. The molecule has 1 aliphatic carbocycles. The first-order valence-electron chi connectivity index (χ1n) is 12.3. The third-order valence-electron chi connectivity index (χ3n) is 7.11. The highest BCUT2D eigenvalue weighted by atomic mass is 32.2. The van der Waals surface area contributed by atoms with Gasteiger partial charge in [-0.3, -0.25) is 9.59 Å². The van der Waals surface area contributed by atoms with Crippen LogP contribution in [0.1, 0.15) is 29.2 Å². The van der Waals surface area contributed by atoms with E-state index in [1.54, 1.807) is 29.2 Å². The number of halogens is 3. The molecule has 0 radical (unpaired) electrons. The molecule has 40 heavy (non-hydrogen) atoms. The maximum atomic E-state index is 13.1. The lowest BCUT2D eigenvalue weighted by Crippen LogP contribution is -2.47. The van der Waals surface area contributed by atoms with Crippen LogP contribution in [-0.4, -0.2) is 79.1 Å². The van der Waals surface area contributed by atoms with E-state index in [2.05, 4.69) is 19.3 Å². The van der Waals surface area contributed by atoms with E-state index < -0.39 is 39.4 Å². The molecular weight excluding hydrogens is 573 g/mol. The molecule has 10 nitrogen and oxygen atoms in total. The number of likely N-dealkylation sites (N-methyl/N-ethyl adjacent to an activating group) is 1. The fourth-order valence-electron chi connectivity index (χ4n) is 4.74. The Hall–Kier alpha value is -3.27. The summed E-state index contributed by atoms with van der Waals surface area (Å²) in [6, 6.07) is 10.0. The summed E-state index contributed by atoms with van der Waals surface area (Å²) in [6.07, 6.45) is -4.61. The number of piperazine rings is 1. The Morgan fingerprint density at radius 2 is 1.90 bits per heavy atom. The van der Waals surface area contributed by atoms with Gasteiger partial charge in [0.25, 0.3) is 10.0 Å². The van der Waals surface area contributed by atoms with Crippen molar-refractivity contribution in [1.82, 2.24) is 19.7 Å². The highest BCUT2D eigenvalue weighted by Gasteiger charge is 2.63. The van der Waals surface area contributed by atoms with Crippen LogP contribution in [0.25, 0.3) is 10.6 Å². The number of nitrogens with one attached hydrogen (secondary N) is 1. The van der Waals surface area contributed by atoms with Crippen molar-refractivity contribution in [2.45, 2.75) is 34.7 Å². The number of hydrogen-bond donors (Lipinski definition) is 2. The number of thiophene rings is 1. The molecule has 2 fully saturated rings. The molecule has 2 atom stereocenters. The summed E-state index contributed by atoms with van der Waals surface area (Å²) < 4.78 is 71.1. The summed E-state index contributed by atoms with van der Waals surface area (Å²) in [5.74, 6) is -3.39. The number of nitrogens with zero attached hydrogens (tertiary/aromatic N) is 3. The minimum absolute atomic E-state index is 0.00607. The highest BCUT2D eigenvalue weighted by molar-refractivity contribution is 7.91. The standard InChI is InChI=1S/C25H25F3N4O6S2/c1-31-7-9-32(10-8-31)21(33)12-15-3-2-4-16(11-15)17-14-24(17,23(34)35)30-40(36,37)22-6-5-19(39-22)18-13-20(38-29-18)25(26,27)28/h2-6,11,13,17,30H,7-10,12,14H2,1H3,(H,34,35). The number of hydrogen-bond acceptors (Lipinski definition) is 8. The van der Waals surface area contributed by atoms with Gasteiger partial charge in [0.05, 0.1) is 11.3 Å². The van der Waals surface area contributed by atoms with E-state index >= 15 is 0 Å². The number of benzene rings is 1. The molecule has 2 unspecified atom stereocenters. The van der Waals surface area contributed by atoms with Crippen LogP contribution in [0.3, 0.4) is 0 Å². The Morgan fingerprint density at radius 3 is 2.55 bits per heavy atom. The largest absolute Gasteiger partial charge is 0.480 e. The lowest BCUT2D eigenvalue weighted by molar-refractivity contribution is -0.155. The number of aliphatic carboxylic acids is 1. The zero-order chi connectivity index (χ0) is 28.9. The molecule has 1 aromatic carbocycles. The summed E-state index contributed by atoms with van der Waals surface area (Å²) >= 11 is 0.639. The van der Waals surface area contributed by atoms with Gasteiger partial charge in [0.15, 0.2) is 0 Å². The maximum Gasteiger partial charge on any atom is 0.452 e. The topological polar surface area (TPSA) is 133 Å². The van der Waals surface area contributed by atoms with Crippen LogP contribution in [0.15, 0.2) is 51.2 Å². The molecule has 5 rings (SSSR count). The van der Waals surface area contributed by atoms with Gasteiger partial charge in [0.2, 0.25) is 11.7 Å². The number of rotatable bonds is 8. The van der Waals surface area contributed by atoms with E-state index in [1.165, 1.54) is 12.1 Å². The van der Waals surface area contributed by atoms with E-state index in [0.717, 1.165) is 13.1 Å². The Bertz CT molecular complexity index is 1550. The molecule has 0 bridgehead atoms. The van der Waals surface area contributed by atoms with Gasteiger partial charge in [-0.05, 0) is 36.7 Å². The van der Waals surface area contributed by atoms with Crippen molar-refractivity contribution in [3.63, 3.8) is 0 Å². The van der Waals surface area contributed by atoms with Gasteiger partial charge in [-0.2, -0.15) is 17.9 Å². The van der Waals surface area contributed by atoms with Crippen molar-refractivity contribution < 1.29 is 40.8 Å². The molecule has 3 aromatic rings. The van der Waals surface area contributed by atoms with Crippen LogP contribution in [0.4, 0.5) is 13.2 Å².